The van der Waals surface area contributed by atoms with Gasteiger partial charge >= 0.3 is 5.97 Å². The molecule has 0 amide bonds. The van der Waals surface area contributed by atoms with E-state index in [4.69, 9.17) is 5.11 Å². The highest BCUT2D eigenvalue weighted by atomic mass is 19.1. The molecule has 0 aromatic carbocycles. The molecule has 1 rings (SSSR count). The highest BCUT2D eigenvalue weighted by molar-refractivity contribution is 5.87. The van der Waals surface area contributed by atoms with Crippen LogP contribution in [0, 0.1) is 12.7 Å². The molecule has 0 atom stereocenters. The lowest BCUT2D eigenvalue weighted by atomic mass is 10.2. The van der Waals surface area contributed by atoms with Crippen molar-refractivity contribution in [3.63, 3.8) is 0 Å². The summed E-state index contributed by atoms with van der Waals surface area (Å²) >= 11 is 0. The molecule has 0 aliphatic carbocycles. The number of carboxylic acid groups (broad SMARTS) is 1. The molecule has 0 unspecified atom stereocenters. The highest BCUT2D eigenvalue weighted by Gasteiger charge is 2.12. The van der Waals surface area contributed by atoms with Crippen molar-refractivity contribution in [2.24, 2.45) is 0 Å². The molecule has 1 heterocycles. The molecule has 0 bridgehead atoms. The molecule has 4 nitrogen and oxygen atoms in total. The molecule has 1 aromatic rings. The number of aromatic carboxylic acids is 1. The second-order valence-electron chi connectivity index (χ2n) is 2.29. The molecule has 0 radical (unpaired) electrons. The number of carbonyl (C=O) groups is 1. The molecule has 64 valence electrons. The Kier molecular flexibility index (Phi) is 1.95. The first-order chi connectivity index (χ1) is 5.52. The van der Waals surface area contributed by atoms with E-state index in [1.165, 1.54) is 6.92 Å². The number of nitrogens with one attached hydrogen (secondary N) is 1. The number of carboxylic acids is 1. The van der Waals surface area contributed by atoms with Gasteiger partial charge in [0.2, 0.25) is 5.56 Å². The molecule has 2 N–H and O–H groups in total. The number of H-pyrrole nitrogens is 1. The van der Waals surface area contributed by atoms with E-state index < -0.39 is 22.9 Å². The Balaban J connectivity index is 3.48. The van der Waals surface area contributed by atoms with Gasteiger partial charge in [-0.25, -0.2) is 9.18 Å². The molecule has 1 aromatic heterocycles. The molecule has 0 saturated carbocycles. The Morgan fingerprint density at radius 1 is 1.67 bits per heavy atom. The van der Waals surface area contributed by atoms with Gasteiger partial charge < -0.3 is 10.1 Å². The number of rotatable bonds is 1. The Hall–Kier alpha value is -1.65. The lowest BCUT2D eigenvalue weighted by molar-refractivity contribution is 0.0691. The third-order valence-corrected chi connectivity index (χ3v) is 1.38. The lowest BCUT2D eigenvalue weighted by Crippen LogP contribution is -2.14. The maximum atomic E-state index is 12.9. The van der Waals surface area contributed by atoms with Gasteiger partial charge in [-0.3, -0.25) is 4.79 Å². The number of aromatic amines is 1. The minimum Gasteiger partial charge on any atom is -0.478 e. The second kappa shape index (κ2) is 2.77. The van der Waals surface area contributed by atoms with E-state index in [0.717, 1.165) is 0 Å². The zero-order valence-corrected chi connectivity index (χ0v) is 6.22. The van der Waals surface area contributed by atoms with Crippen LogP contribution in [0.2, 0.25) is 0 Å². The first-order valence-corrected chi connectivity index (χ1v) is 3.15. The summed E-state index contributed by atoms with van der Waals surface area (Å²) in [5.41, 5.74) is -1.29. The van der Waals surface area contributed by atoms with Crippen LogP contribution >= 0.6 is 0 Å². The van der Waals surface area contributed by atoms with Crippen molar-refractivity contribution >= 4 is 5.97 Å². The van der Waals surface area contributed by atoms with Gasteiger partial charge in [0.25, 0.3) is 0 Å². The molecule has 0 aliphatic rings. The van der Waals surface area contributed by atoms with Crippen molar-refractivity contribution < 1.29 is 14.3 Å². The van der Waals surface area contributed by atoms with Gasteiger partial charge in [0.05, 0.1) is 5.69 Å². The third-order valence-electron chi connectivity index (χ3n) is 1.38. The summed E-state index contributed by atoms with van der Waals surface area (Å²) in [6, 6.07) is 0.713. The maximum Gasteiger partial charge on any atom is 0.338 e. The van der Waals surface area contributed by atoms with Gasteiger partial charge in [-0.05, 0) is 6.92 Å². The number of aromatic nitrogens is 1. The average molecular weight is 171 g/mol. The summed E-state index contributed by atoms with van der Waals surface area (Å²) in [5.74, 6) is -2.34. The van der Waals surface area contributed by atoms with E-state index in [1.807, 2.05) is 0 Å². The second-order valence-corrected chi connectivity index (χ2v) is 2.29. The fourth-order valence-electron chi connectivity index (χ4n) is 0.828. The van der Waals surface area contributed by atoms with Crippen LogP contribution in [0.3, 0.4) is 0 Å². The molecule has 12 heavy (non-hydrogen) atoms. The van der Waals surface area contributed by atoms with E-state index in [1.54, 1.807) is 0 Å². The number of pyridine rings is 1. The maximum absolute atomic E-state index is 12.9. The summed E-state index contributed by atoms with van der Waals surface area (Å²) in [6.07, 6.45) is 0. The van der Waals surface area contributed by atoms with E-state index in [2.05, 4.69) is 4.98 Å². The SMILES string of the molecule is Cc1[nH]c(=O)cc(C(=O)O)c1F. The Morgan fingerprint density at radius 2 is 2.25 bits per heavy atom. The van der Waals surface area contributed by atoms with Crippen LogP contribution in [0.15, 0.2) is 10.9 Å². The van der Waals surface area contributed by atoms with E-state index in [0.29, 0.717) is 6.07 Å². The summed E-state index contributed by atoms with van der Waals surface area (Å²) in [7, 11) is 0. The zero-order chi connectivity index (χ0) is 9.30. The van der Waals surface area contributed by atoms with Crippen LogP contribution in [-0.2, 0) is 0 Å². The minimum atomic E-state index is -1.44. The third kappa shape index (κ3) is 1.34. The van der Waals surface area contributed by atoms with Gasteiger partial charge in [-0.15, -0.1) is 0 Å². The molecule has 0 spiro atoms. The molecular formula is C7H6FNO3. The molecule has 0 fully saturated rings. The van der Waals surface area contributed by atoms with Gasteiger partial charge in [-0.2, -0.15) is 0 Å². The van der Waals surface area contributed by atoms with Crippen LogP contribution in [0.1, 0.15) is 16.1 Å². The average Bonchev–Trinajstić information content (AvgIpc) is 1.96. The monoisotopic (exact) mass is 171 g/mol. The van der Waals surface area contributed by atoms with Crippen LogP contribution < -0.4 is 5.56 Å². The minimum absolute atomic E-state index is 0.0695. The van der Waals surface area contributed by atoms with Crippen molar-refractivity contribution in [3.05, 3.63) is 33.5 Å². The van der Waals surface area contributed by atoms with Crippen molar-refractivity contribution in [3.8, 4) is 0 Å². The number of hydrogen-bond donors (Lipinski definition) is 2. The molecule has 0 aliphatic heterocycles. The van der Waals surface area contributed by atoms with Crippen LogP contribution in [0.25, 0.3) is 0 Å². The highest BCUT2D eigenvalue weighted by Crippen LogP contribution is 2.06. The van der Waals surface area contributed by atoms with Gasteiger partial charge in [0.15, 0.2) is 5.82 Å². The summed E-state index contributed by atoms with van der Waals surface area (Å²) < 4.78 is 12.9. The first-order valence-electron chi connectivity index (χ1n) is 3.15. The zero-order valence-electron chi connectivity index (χ0n) is 6.22. The normalized spacial score (nSPS) is 9.83. The van der Waals surface area contributed by atoms with Crippen molar-refractivity contribution in [1.82, 2.24) is 4.98 Å². The largest absolute Gasteiger partial charge is 0.478 e. The number of halogens is 1. The van der Waals surface area contributed by atoms with Crippen LogP contribution in [0.5, 0.6) is 0 Å². The standard InChI is InChI=1S/C7H6FNO3/c1-3-6(8)4(7(11)12)2-5(10)9-3/h2H,1H3,(H,9,10)(H,11,12). The first kappa shape index (κ1) is 8.45. The topological polar surface area (TPSA) is 70.2 Å². The van der Waals surface area contributed by atoms with Gasteiger partial charge in [0, 0.05) is 6.07 Å². The van der Waals surface area contributed by atoms with Gasteiger partial charge in [0.1, 0.15) is 5.56 Å². The van der Waals surface area contributed by atoms with Crippen LogP contribution in [0.4, 0.5) is 4.39 Å². The summed E-state index contributed by atoms with van der Waals surface area (Å²) in [4.78, 5) is 23.2. The molecular weight excluding hydrogens is 165 g/mol. The smallest absolute Gasteiger partial charge is 0.338 e. The summed E-state index contributed by atoms with van der Waals surface area (Å²) in [5, 5.41) is 8.42. The predicted octanol–water partition coefficient (Wildman–Crippen LogP) is 0.521. The fourth-order valence-corrected chi connectivity index (χ4v) is 0.828. The molecule has 5 heteroatoms. The Bertz CT molecular complexity index is 383. The van der Waals surface area contributed by atoms with Gasteiger partial charge in [-0.1, -0.05) is 0 Å². The van der Waals surface area contributed by atoms with E-state index in [-0.39, 0.29) is 5.69 Å². The van der Waals surface area contributed by atoms with E-state index >= 15 is 0 Å². The van der Waals surface area contributed by atoms with Crippen molar-refractivity contribution in [2.75, 3.05) is 0 Å². The summed E-state index contributed by atoms with van der Waals surface area (Å²) in [6.45, 7) is 1.29. The number of hydrogen-bond acceptors (Lipinski definition) is 2. The predicted molar refractivity (Wildman–Crippen MR) is 38.7 cm³/mol. The number of aryl methyl sites for hydroxylation is 1. The Labute approximate surface area is 66.7 Å². The Morgan fingerprint density at radius 3 is 2.75 bits per heavy atom. The van der Waals surface area contributed by atoms with Crippen LogP contribution in [-0.4, -0.2) is 16.1 Å². The fraction of sp³-hybridized carbons (Fsp3) is 0.143. The van der Waals surface area contributed by atoms with E-state index in [9.17, 15) is 14.0 Å². The van der Waals surface area contributed by atoms with Crippen molar-refractivity contribution in [1.29, 1.82) is 0 Å². The molecule has 0 saturated heterocycles. The lowest BCUT2D eigenvalue weighted by Gasteiger charge is -1.98. The quantitative estimate of drug-likeness (QED) is 0.647. The van der Waals surface area contributed by atoms with Crippen molar-refractivity contribution in [2.45, 2.75) is 6.92 Å².